The second kappa shape index (κ2) is 3.68. The molecule has 0 radical (unpaired) electrons. The highest BCUT2D eigenvalue weighted by Gasteiger charge is 2.10. The van der Waals surface area contributed by atoms with E-state index in [2.05, 4.69) is 36.5 Å². The fourth-order valence-electron chi connectivity index (χ4n) is 1.71. The van der Waals surface area contributed by atoms with Crippen molar-refractivity contribution in [3.63, 3.8) is 0 Å². The van der Waals surface area contributed by atoms with E-state index in [1.807, 2.05) is 25.1 Å². The van der Waals surface area contributed by atoms with Crippen LogP contribution in [-0.2, 0) is 0 Å². The van der Waals surface area contributed by atoms with Crippen molar-refractivity contribution in [2.24, 2.45) is 0 Å². The molecule has 0 unspecified atom stereocenters. The SMILES string of the molecule is Cc1nc2cccnc2n1-c1ccc(Br)s1. The van der Waals surface area contributed by atoms with E-state index in [9.17, 15) is 0 Å². The minimum atomic E-state index is 0.911. The second-order valence-electron chi connectivity index (χ2n) is 3.42. The standard InChI is InChI=1S/C11H8BrN3S/c1-7-14-8-3-2-6-13-11(8)15(7)10-5-4-9(12)16-10/h2-6H,1H3. The number of rotatable bonds is 1. The number of fused-ring (bicyclic) bond motifs is 1. The van der Waals surface area contributed by atoms with Gasteiger partial charge >= 0.3 is 0 Å². The van der Waals surface area contributed by atoms with Gasteiger partial charge in [-0.15, -0.1) is 11.3 Å². The third-order valence-electron chi connectivity index (χ3n) is 2.36. The molecular weight excluding hydrogens is 286 g/mol. The number of aromatic nitrogens is 3. The molecule has 0 N–H and O–H groups in total. The molecule has 0 amide bonds. The van der Waals surface area contributed by atoms with Crippen LogP contribution in [0.25, 0.3) is 16.2 Å². The summed E-state index contributed by atoms with van der Waals surface area (Å²) in [5.74, 6) is 0.961. The average Bonchev–Trinajstić information content (AvgIpc) is 2.80. The highest BCUT2D eigenvalue weighted by atomic mass is 79.9. The maximum Gasteiger partial charge on any atom is 0.165 e. The van der Waals surface area contributed by atoms with Crippen molar-refractivity contribution in [3.8, 4) is 5.00 Å². The number of pyridine rings is 1. The highest BCUT2D eigenvalue weighted by molar-refractivity contribution is 9.11. The zero-order chi connectivity index (χ0) is 11.1. The van der Waals surface area contributed by atoms with E-state index in [0.717, 1.165) is 25.8 Å². The van der Waals surface area contributed by atoms with Gasteiger partial charge in [0.05, 0.1) is 3.79 Å². The smallest absolute Gasteiger partial charge is 0.165 e. The van der Waals surface area contributed by atoms with Gasteiger partial charge in [-0.25, -0.2) is 9.97 Å². The Bertz CT molecular complexity index is 656. The van der Waals surface area contributed by atoms with Crippen LogP contribution in [0.1, 0.15) is 5.82 Å². The number of thiophene rings is 1. The molecule has 0 aliphatic rings. The van der Waals surface area contributed by atoms with Gasteiger partial charge in [0.15, 0.2) is 5.65 Å². The first-order chi connectivity index (χ1) is 7.75. The first-order valence-corrected chi connectivity index (χ1v) is 6.42. The third-order valence-corrected chi connectivity index (χ3v) is 3.97. The van der Waals surface area contributed by atoms with E-state index in [4.69, 9.17) is 0 Å². The van der Waals surface area contributed by atoms with Gasteiger partial charge in [0.2, 0.25) is 0 Å². The first-order valence-electron chi connectivity index (χ1n) is 4.81. The van der Waals surface area contributed by atoms with Crippen LogP contribution in [0.3, 0.4) is 0 Å². The van der Waals surface area contributed by atoms with Crippen molar-refractivity contribution in [2.75, 3.05) is 0 Å². The number of hydrogen-bond donors (Lipinski definition) is 0. The van der Waals surface area contributed by atoms with Gasteiger partial charge in [-0.1, -0.05) is 0 Å². The number of halogens is 1. The quantitative estimate of drug-likeness (QED) is 0.687. The summed E-state index contributed by atoms with van der Waals surface area (Å²) >= 11 is 5.14. The average molecular weight is 294 g/mol. The van der Waals surface area contributed by atoms with Crippen LogP contribution >= 0.6 is 27.3 Å². The largest absolute Gasteiger partial charge is 0.272 e. The Morgan fingerprint density at radius 2 is 2.19 bits per heavy atom. The van der Waals surface area contributed by atoms with E-state index in [0.29, 0.717) is 0 Å². The number of aryl methyl sites for hydroxylation is 1. The summed E-state index contributed by atoms with van der Waals surface area (Å²) < 4.78 is 3.18. The van der Waals surface area contributed by atoms with Crippen LogP contribution in [0.15, 0.2) is 34.2 Å². The molecule has 3 aromatic heterocycles. The predicted octanol–water partition coefficient (Wildman–Crippen LogP) is 3.55. The number of imidazole rings is 1. The highest BCUT2D eigenvalue weighted by Crippen LogP contribution is 2.28. The topological polar surface area (TPSA) is 30.7 Å². The van der Waals surface area contributed by atoms with E-state index in [1.54, 1.807) is 17.5 Å². The Kier molecular flexibility index (Phi) is 2.29. The Morgan fingerprint density at radius 3 is 2.94 bits per heavy atom. The molecule has 3 rings (SSSR count). The van der Waals surface area contributed by atoms with E-state index >= 15 is 0 Å². The van der Waals surface area contributed by atoms with Gasteiger partial charge < -0.3 is 0 Å². The van der Waals surface area contributed by atoms with Gasteiger partial charge in [-0.2, -0.15) is 0 Å². The fraction of sp³-hybridized carbons (Fsp3) is 0.0909. The maximum absolute atomic E-state index is 4.49. The molecule has 0 spiro atoms. The zero-order valence-electron chi connectivity index (χ0n) is 8.51. The molecule has 0 aromatic carbocycles. The summed E-state index contributed by atoms with van der Waals surface area (Å²) in [4.78, 5) is 8.87. The summed E-state index contributed by atoms with van der Waals surface area (Å²) in [7, 11) is 0. The van der Waals surface area contributed by atoms with Crippen molar-refractivity contribution >= 4 is 38.4 Å². The molecule has 3 aromatic rings. The Balaban J connectivity index is 2.34. The van der Waals surface area contributed by atoms with E-state index in [-0.39, 0.29) is 0 Å². The molecule has 0 atom stereocenters. The summed E-state index contributed by atoms with van der Waals surface area (Å²) in [6.45, 7) is 2.00. The minimum absolute atomic E-state index is 0.911. The molecule has 3 nitrogen and oxygen atoms in total. The van der Waals surface area contributed by atoms with Crippen LogP contribution in [0.4, 0.5) is 0 Å². The van der Waals surface area contributed by atoms with Crippen molar-refractivity contribution in [3.05, 3.63) is 40.1 Å². The molecule has 0 bridgehead atoms. The van der Waals surface area contributed by atoms with Crippen molar-refractivity contribution in [2.45, 2.75) is 6.92 Å². The van der Waals surface area contributed by atoms with Crippen molar-refractivity contribution in [1.29, 1.82) is 0 Å². The maximum atomic E-state index is 4.49. The Morgan fingerprint density at radius 1 is 1.31 bits per heavy atom. The van der Waals surface area contributed by atoms with E-state index in [1.165, 1.54) is 0 Å². The minimum Gasteiger partial charge on any atom is -0.272 e. The van der Waals surface area contributed by atoms with Crippen molar-refractivity contribution in [1.82, 2.24) is 14.5 Å². The molecular formula is C11H8BrN3S. The van der Waals surface area contributed by atoms with Gasteiger partial charge in [0, 0.05) is 6.20 Å². The van der Waals surface area contributed by atoms with Crippen LogP contribution in [0, 0.1) is 6.92 Å². The van der Waals surface area contributed by atoms with Crippen molar-refractivity contribution < 1.29 is 0 Å². The summed E-state index contributed by atoms with van der Waals surface area (Å²) in [6, 6.07) is 7.99. The summed E-state index contributed by atoms with van der Waals surface area (Å²) in [6.07, 6.45) is 1.79. The number of hydrogen-bond acceptors (Lipinski definition) is 3. The molecule has 80 valence electrons. The van der Waals surface area contributed by atoms with Gasteiger partial charge in [0.25, 0.3) is 0 Å². The lowest BCUT2D eigenvalue weighted by molar-refractivity contribution is 1.01. The van der Waals surface area contributed by atoms with Crippen LogP contribution in [0.2, 0.25) is 0 Å². The third kappa shape index (κ3) is 1.47. The lowest BCUT2D eigenvalue weighted by atomic mass is 10.4. The number of nitrogens with zero attached hydrogens (tertiary/aromatic N) is 3. The fourth-order valence-corrected chi connectivity index (χ4v) is 3.13. The van der Waals surface area contributed by atoms with Gasteiger partial charge in [0.1, 0.15) is 16.3 Å². The van der Waals surface area contributed by atoms with Gasteiger partial charge in [-0.05, 0) is 47.1 Å². The summed E-state index contributed by atoms with van der Waals surface area (Å²) in [5.41, 5.74) is 1.85. The molecule has 3 heterocycles. The predicted molar refractivity (Wildman–Crippen MR) is 69.2 cm³/mol. The molecule has 16 heavy (non-hydrogen) atoms. The first kappa shape index (κ1) is 9.99. The Hall–Kier alpha value is -1.20. The van der Waals surface area contributed by atoms with E-state index < -0.39 is 0 Å². The van der Waals surface area contributed by atoms with Crippen LogP contribution in [-0.4, -0.2) is 14.5 Å². The molecule has 5 heteroatoms. The Labute approximate surface area is 105 Å². The summed E-state index contributed by atoms with van der Waals surface area (Å²) in [5, 5.41) is 1.13. The zero-order valence-corrected chi connectivity index (χ0v) is 10.9. The van der Waals surface area contributed by atoms with Crippen LogP contribution < -0.4 is 0 Å². The normalized spacial score (nSPS) is 11.1. The second-order valence-corrected chi connectivity index (χ2v) is 5.86. The van der Waals surface area contributed by atoms with Gasteiger partial charge in [-0.3, -0.25) is 4.57 Å². The molecule has 0 fully saturated rings. The molecule has 0 aliphatic carbocycles. The lowest BCUT2D eigenvalue weighted by Crippen LogP contribution is -1.94. The molecule has 0 aliphatic heterocycles. The lowest BCUT2D eigenvalue weighted by Gasteiger charge is -2.01. The molecule has 0 saturated heterocycles. The monoisotopic (exact) mass is 293 g/mol. The molecule has 0 saturated carbocycles. The van der Waals surface area contributed by atoms with Crippen LogP contribution in [0.5, 0.6) is 0 Å².